The molecule has 4 heterocycles. The first kappa shape index (κ1) is 40.9. The third-order valence-electron chi connectivity index (χ3n) is 13.7. The smallest absolute Gasteiger partial charge is 0.254 e. The topological polar surface area (TPSA) is 6.48 Å². The summed E-state index contributed by atoms with van der Waals surface area (Å²) in [7, 11) is 0. The predicted octanol–water partition coefficient (Wildman–Crippen LogP) is 15.3. The van der Waals surface area contributed by atoms with Gasteiger partial charge in [0.05, 0.1) is 16.4 Å². The van der Waals surface area contributed by atoms with Crippen molar-refractivity contribution in [3.8, 4) is 11.1 Å². The van der Waals surface area contributed by atoms with Crippen molar-refractivity contribution in [2.24, 2.45) is 0 Å². The summed E-state index contributed by atoms with van der Waals surface area (Å²) < 4.78 is 2.67. The standard InChI is InChI=1S/C57H59BN2S2/c1-32-23-46-51-47(24-32)60(53-35(4)27-40(28-36(53)5)57(12,13)14)54-50(42-30-38(55(6,7)8)20-22-49(42)62-54)58(51)44-21-19-37(43-31-61-48-18-16-15-17-41(43)48)29-45(44)59(46)52-33(2)25-39(26-34(52)3)56(9,10)11/h15-31H,1-14H3. The van der Waals surface area contributed by atoms with Crippen molar-refractivity contribution in [2.45, 2.75) is 113 Å². The molecule has 0 saturated carbocycles. The molecule has 2 aliphatic rings. The molecule has 0 saturated heterocycles. The average molecular weight is 847 g/mol. The van der Waals surface area contributed by atoms with Gasteiger partial charge in [-0.1, -0.05) is 129 Å². The first-order valence-corrected chi connectivity index (χ1v) is 24.1. The number of anilines is 6. The molecule has 2 nitrogen and oxygen atoms in total. The third kappa shape index (κ3) is 6.32. The Labute approximate surface area is 378 Å². The van der Waals surface area contributed by atoms with Crippen LogP contribution < -0.4 is 26.2 Å². The van der Waals surface area contributed by atoms with Gasteiger partial charge in [0, 0.05) is 37.4 Å². The van der Waals surface area contributed by atoms with Crippen molar-refractivity contribution < 1.29 is 0 Å². The summed E-state index contributed by atoms with van der Waals surface area (Å²) in [6.07, 6.45) is 0. The maximum atomic E-state index is 2.67. The summed E-state index contributed by atoms with van der Waals surface area (Å²) in [5.74, 6) is 0. The van der Waals surface area contributed by atoms with Gasteiger partial charge in [-0.15, -0.1) is 22.7 Å². The Morgan fingerprint density at radius 2 is 1.05 bits per heavy atom. The largest absolute Gasteiger partial charge is 0.311 e. The van der Waals surface area contributed by atoms with Crippen LogP contribution in [-0.4, -0.2) is 6.71 Å². The summed E-state index contributed by atoms with van der Waals surface area (Å²) in [6, 6.07) is 38.3. The van der Waals surface area contributed by atoms with Gasteiger partial charge in [0.1, 0.15) is 0 Å². The molecule has 0 aliphatic carbocycles. The second kappa shape index (κ2) is 14.0. The molecule has 5 heteroatoms. The molecular weight excluding hydrogens is 788 g/mol. The number of benzene rings is 6. The fourth-order valence-electron chi connectivity index (χ4n) is 10.4. The van der Waals surface area contributed by atoms with E-state index >= 15 is 0 Å². The molecule has 62 heavy (non-hydrogen) atoms. The zero-order valence-corrected chi connectivity index (χ0v) is 40.7. The normalized spacial score (nSPS) is 13.9. The molecular formula is C57H59BN2S2. The van der Waals surface area contributed by atoms with E-state index in [4.69, 9.17) is 0 Å². The van der Waals surface area contributed by atoms with Crippen molar-refractivity contribution in [3.63, 3.8) is 0 Å². The average Bonchev–Trinajstić information content (AvgIpc) is 3.79. The zero-order chi connectivity index (χ0) is 43.9. The molecule has 0 bridgehead atoms. The molecule has 2 aromatic heterocycles. The fourth-order valence-corrected chi connectivity index (χ4v) is 12.6. The Balaban J connectivity index is 1.34. The number of hydrogen-bond acceptors (Lipinski definition) is 4. The number of fused-ring (bicyclic) bond motifs is 7. The Bertz CT molecular complexity index is 3110. The Hall–Kier alpha value is -5.10. The van der Waals surface area contributed by atoms with Gasteiger partial charge in [0.25, 0.3) is 6.71 Å². The first-order chi connectivity index (χ1) is 29.2. The summed E-state index contributed by atoms with van der Waals surface area (Å²) in [5.41, 5.74) is 23.9. The first-order valence-electron chi connectivity index (χ1n) is 22.4. The van der Waals surface area contributed by atoms with Gasteiger partial charge < -0.3 is 9.80 Å². The highest BCUT2D eigenvalue weighted by Gasteiger charge is 2.46. The van der Waals surface area contributed by atoms with Crippen LogP contribution in [0, 0.1) is 34.6 Å². The monoisotopic (exact) mass is 846 g/mol. The number of rotatable bonds is 3. The Kier molecular flexibility index (Phi) is 9.21. The molecule has 0 N–H and O–H groups in total. The second-order valence-corrected chi connectivity index (χ2v) is 23.4. The van der Waals surface area contributed by atoms with Crippen LogP contribution >= 0.6 is 22.7 Å². The lowest BCUT2D eigenvalue weighted by atomic mass is 9.33. The lowest BCUT2D eigenvalue weighted by Crippen LogP contribution is -2.61. The van der Waals surface area contributed by atoms with E-state index in [2.05, 4.69) is 209 Å². The van der Waals surface area contributed by atoms with E-state index in [0.29, 0.717) is 0 Å². The van der Waals surface area contributed by atoms with Crippen LogP contribution in [0.2, 0.25) is 0 Å². The van der Waals surface area contributed by atoms with E-state index < -0.39 is 0 Å². The van der Waals surface area contributed by atoms with Gasteiger partial charge in [0.2, 0.25) is 0 Å². The van der Waals surface area contributed by atoms with E-state index in [-0.39, 0.29) is 23.0 Å². The summed E-state index contributed by atoms with van der Waals surface area (Å²) in [6.45, 7) is 32.7. The number of aryl methyl sites for hydroxylation is 5. The maximum Gasteiger partial charge on any atom is 0.254 e. The van der Waals surface area contributed by atoms with Crippen LogP contribution in [0.4, 0.5) is 33.4 Å². The van der Waals surface area contributed by atoms with E-state index in [1.165, 1.54) is 126 Å². The molecule has 312 valence electrons. The molecule has 0 atom stereocenters. The van der Waals surface area contributed by atoms with E-state index in [1.54, 1.807) is 0 Å². The Morgan fingerprint density at radius 1 is 0.484 bits per heavy atom. The Morgan fingerprint density at radius 3 is 1.65 bits per heavy atom. The van der Waals surface area contributed by atoms with Crippen LogP contribution in [0.3, 0.4) is 0 Å². The highest BCUT2D eigenvalue weighted by molar-refractivity contribution is 7.26. The summed E-state index contributed by atoms with van der Waals surface area (Å²) >= 11 is 3.80. The van der Waals surface area contributed by atoms with Crippen molar-refractivity contribution in [1.82, 2.24) is 0 Å². The van der Waals surface area contributed by atoms with E-state index in [9.17, 15) is 0 Å². The minimum atomic E-state index is 0.0151. The van der Waals surface area contributed by atoms with Gasteiger partial charge >= 0.3 is 0 Å². The molecule has 0 fully saturated rings. The van der Waals surface area contributed by atoms with Gasteiger partial charge in [-0.25, -0.2) is 0 Å². The lowest BCUT2D eigenvalue weighted by Gasteiger charge is -2.45. The minimum Gasteiger partial charge on any atom is -0.311 e. The second-order valence-electron chi connectivity index (χ2n) is 21.4. The van der Waals surface area contributed by atoms with E-state index in [0.717, 1.165) is 0 Å². The molecule has 2 aliphatic heterocycles. The number of thiophene rings is 2. The molecule has 6 aromatic carbocycles. The van der Waals surface area contributed by atoms with Gasteiger partial charge in [-0.3, -0.25) is 0 Å². The number of nitrogens with zero attached hydrogens (tertiary/aromatic N) is 2. The van der Waals surface area contributed by atoms with Crippen molar-refractivity contribution in [1.29, 1.82) is 0 Å². The van der Waals surface area contributed by atoms with Crippen molar-refractivity contribution in [3.05, 3.63) is 147 Å². The predicted molar refractivity (Wildman–Crippen MR) is 276 cm³/mol. The van der Waals surface area contributed by atoms with Crippen LogP contribution in [0.15, 0.2) is 102 Å². The lowest BCUT2D eigenvalue weighted by molar-refractivity contribution is 0.589. The van der Waals surface area contributed by atoms with Gasteiger partial charge in [0.15, 0.2) is 0 Å². The fraction of sp³-hybridized carbons (Fsp3) is 0.298. The molecule has 0 radical (unpaired) electrons. The van der Waals surface area contributed by atoms with Crippen molar-refractivity contribution in [2.75, 3.05) is 9.80 Å². The zero-order valence-electron chi connectivity index (χ0n) is 39.1. The molecule has 0 unspecified atom stereocenters. The quantitative estimate of drug-likeness (QED) is 0.163. The van der Waals surface area contributed by atoms with Gasteiger partial charge in [-0.05, 0) is 158 Å². The molecule has 8 aromatic rings. The summed E-state index contributed by atoms with van der Waals surface area (Å²) in [5, 5.41) is 6.39. The summed E-state index contributed by atoms with van der Waals surface area (Å²) in [4.78, 5) is 5.33. The van der Waals surface area contributed by atoms with Crippen LogP contribution in [0.5, 0.6) is 0 Å². The molecule has 0 amide bonds. The molecule has 10 rings (SSSR count). The maximum absolute atomic E-state index is 2.67. The third-order valence-corrected chi connectivity index (χ3v) is 15.8. The van der Waals surface area contributed by atoms with E-state index in [1.807, 2.05) is 22.7 Å². The van der Waals surface area contributed by atoms with Crippen LogP contribution in [-0.2, 0) is 16.2 Å². The van der Waals surface area contributed by atoms with Gasteiger partial charge in [-0.2, -0.15) is 0 Å². The SMILES string of the molecule is Cc1cc2c3c(c1)N(c1c(C)cc(C(C)(C)C)cc1C)c1sc4ccc(C(C)(C)C)cc4c1B3c1ccc(-c3csc4ccccc34)cc1N2c1c(C)cc(C(C)(C)C)cc1C. The number of hydrogen-bond donors (Lipinski definition) is 0. The van der Waals surface area contributed by atoms with Crippen LogP contribution in [0.25, 0.3) is 31.3 Å². The van der Waals surface area contributed by atoms with Crippen LogP contribution in [0.1, 0.15) is 107 Å². The highest BCUT2D eigenvalue weighted by Crippen LogP contribution is 2.52. The molecule has 0 spiro atoms. The highest BCUT2D eigenvalue weighted by atomic mass is 32.1. The van der Waals surface area contributed by atoms with Crippen molar-refractivity contribution >= 4 is 99.4 Å². The minimum absolute atomic E-state index is 0.0151.